The third-order valence-electron chi connectivity index (χ3n) is 7.66. The van der Waals surface area contributed by atoms with Gasteiger partial charge in [-0.1, -0.05) is 25.7 Å². The van der Waals surface area contributed by atoms with E-state index in [4.69, 9.17) is 13.9 Å². The lowest BCUT2D eigenvalue weighted by molar-refractivity contribution is 0.340. The van der Waals surface area contributed by atoms with Crippen molar-refractivity contribution in [1.82, 2.24) is 14.8 Å². The second kappa shape index (κ2) is 8.76. The number of aromatic amines is 2. The van der Waals surface area contributed by atoms with Gasteiger partial charge in [-0.05, 0) is 49.6 Å². The summed E-state index contributed by atoms with van der Waals surface area (Å²) in [6.07, 6.45) is 6.55. The number of nitrogens with one attached hydrogen (secondary N) is 2. The van der Waals surface area contributed by atoms with E-state index in [9.17, 15) is 14.7 Å². The van der Waals surface area contributed by atoms with E-state index in [1.807, 2.05) is 4.68 Å². The van der Waals surface area contributed by atoms with Crippen LogP contribution in [0.4, 0.5) is 0 Å². The Morgan fingerprint density at radius 3 is 2.32 bits per heavy atom. The molecule has 9 nitrogen and oxygen atoms in total. The van der Waals surface area contributed by atoms with Crippen LogP contribution >= 0.6 is 0 Å². The number of hydrogen-bond donors (Lipinski definition) is 3. The van der Waals surface area contributed by atoms with E-state index in [0.717, 1.165) is 31.1 Å². The number of aromatic nitrogens is 3. The van der Waals surface area contributed by atoms with Gasteiger partial charge in [-0.2, -0.15) is 0 Å². The number of nitrogens with zero attached hydrogens (tertiary/aromatic N) is 1. The van der Waals surface area contributed by atoms with Crippen LogP contribution in [-0.2, 0) is 0 Å². The number of hydrogen-bond acceptors (Lipinski definition) is 6. The zero-order chi connectivity index (χ0) is 25.8. The molecule has 5 aromatic rings. The number of H-pyrrole nitrogens is 2. The third-order valence-corrected chi connectivity index (χ3v) is 7.66. The highest BCUT2D eigenvalue weighted by Gasteiger charge is 2.26. The molecule has 1 aliphatic carbocycles. The van der Waals surface area contributed by atoms with Gasteiger partial charge in [0.25, 0.3) is 5.56 Å². The first-order chi connectivity index (χ1) is 17.9. The molecule has 0 spiro atoms. The lowest BCUT2D eigenvalue weighted by atomic mass is 10.0. The van der Waals surface area contributed by atoms with Crippen molar-refractivity contribution in [2.45, 2.75) is 51.5 Å². The predicted octanol–water partition coefficient (Wildman–Crippen LogP) is 5.51. The molecule has 1 saturated carbocycles. The second-order valence-corrected chi connectivity index (χ2v) is 9.78. The maximum absolute atomic E-state index is 13.6. The molecule has 0 unspecified atom stereocenters. The smallest absolute Gasteiger partial charge is 0.274 e. The van der Waals surface area contributed by atoms with E-state index in [2.05, 4.69) is 10.1 Å². The summed E-state index contributed by atoms with van der Waals surface area (Å²) in [6, 6.07) is 6.76. The Bertz CT molecular complexity index is 1750. The summed E-state index contributed by atoms with van der Waals surface area (Å²) in [7, 11) is 2.91. The Hall–Kier alpha value is -4.14. The Morgan fingerprint density at radius 2 is 1.68 bits per heavy atom. The zero-order valence-corrected chi connectivity index (χ0v) is 21.1. The van der Waals surface area contributed by atoms with Crippen LogP contribution in [0.25, 0.3) is 44.2 Å². The molecule has 3 N–H and O–H groups in total. The molecule has 2 aromatic carbocycles. The number of methoxy groups -OCH3 is 2. The number of pyridine rings is 1. The summed E-state index contributed by atoms with van der Waals surface area (Å²) in [5.41, 5.74) is 3.52. The van der Waals surface area contributed by atoms with Crippen molar-refractivity contribution in [3.8, 4) is 28.4 Å². The van der Waals surface area contributed by atoms with Crippen molar-refractivity contribution in [3.63, 3.8) is 0 Å². The standard InChI is InChI=1S/C28H29N3O6/c1-14-18(32)11-10-17-23-26(37-25(14)17)21(15-12-19(35-2)24(33)20(13-15)36-3)22-27(29-23)31(30-28(22)34)16-8-6-4-5-7-9-16/h10-13,16,29,33H,4-9H2,1-3H3,(H,30,34). The Morgan fingerprint density at radius 1 is 1.00 bits per heavy atom. The number of rotatable bonds is 4. The van der Waals surface area contributed by atoms with Crippen molar-refractivity contribution < 1.29 is 19.0 Å². The highest BCUT2D eigenvalue weighted by molar-refractivity contribution is 6.15. The van der Waals surface area contributed by atoms with Gasteiger partial charge in [0.05, 0.1) is 31.2 Å². The Balaban J connectivity index is 1.78. The van der Waals surface area contributed by atoms with Gasteiger partial charge in [0.15, 0.2) is 22.5 Å². The minimum Gasteiger partial charge on any atom is -0.502 e. The van der Waals surface area contributed by atoms with Crippen LogP contribution in [-0.4, -0.2) is 34.1 Å². The number of fused-ring (bicyclic) bond motifs is 4. The van der Waals surface area contributed by atoms with Crippen LogP contribution < -0.4 is 20.5 Å². The van der Waals surface area contributed by atoms with Crippen molar-refractivity contribution in [2.24, 2.45) is 0 Å². The van der Waals surface area contributed by atoms with Gasteiger partial charge in [0, 0.05) is 16.5 Å². The van der Waals surface area contributed by atoms with Crippen LogP contribution in [0, 0.1) is 6.92 Å². The van der Waals surface area contributed by atoms with E-state index >= 15 is 0 Å². The van der Waals surface area contributed by atoms with Gasteiger partial charge in [-0.3, -0.25) is 19.4 Å². The largest absolute Gasteiger partial charge is 0.502 e. The van der Waals surface area contributed by atoms with E-state index < -0.39 is 0 Å². The molecule has 6 rings (SSSR count). The minimum atomic E-state index is -0.250. The molecule has 3 heterocycles. The summed E-state index contributed by atoms with van der Waals surface area (Å²) in [6.45, 7) is 1.73. The van der Waals surface area contributed by atoms with Gasteiger partial charge >= 0.3 is 0 Å². The van der Waals surface area contributed by atoms with Gasteiger partial charge in [0.1, 0.15) is 11.2 Å². The minimum absolute atomic E-state index is 0.119. The number of phenolic OH excluding ortho intramolecular Hbond substituents is 1. The molecule has 0 amide bonds. The lowest BCUT2D eigenvalue weighted by Crippen LogP contribution is -2.13. The quantitative estimate of drug-likeness (QED) is 0.278. The van der Waals surface area contributed by atoms with Crippen LogP contribution in [0.2, 0.25) is 0 Å². The van der Waals surface area contributed by atoms with Crippen molar-refractivity contribution in [2.75, 3.05) is 14.2 Å². The molecule has 0 bridgehead atoms. The predicted molar refractivity (Wildman–Crippen MR) is 142 cm³/mol. The third kappa shape index (κ3) is 3.52. The van der Waals surface area contributed by atoms with Gasteiger partial charge < -0.3 is 24.0 Å². The first-order valence-corrected chi connectivity index (χ1v) is 12.6. The van der Waals surface area contributed by atoms with Crippen LogP contribution in [0.5, 0.6) is 17.2 Å². The summed E-state index contributed by atoms with van der Waals surface area (Å²) in [5.74, 6) is 0.277. The number of aryl methyl sites for hydroxylation is 1. The number of benzene rings is 2. The average molecular weight is 504 g/mol. The fourth-order valence-corrected chi connectivity index (χ4v) is 5.72. The van der Waals surface area contributed by atoms with Crippen molar-refractivity contribution in [1.29, 1.82) is 0 Å². The van der Waals surface area contributed by atoms with E-state index in [1.54, 1.807) is 25.1 Å². The molecule has 37 heavy (non-hydrogen) atoms. The number of aromatic hydroxyl groups is 1. The van der Waals surface area contributed by atoms with Gasteiger partial charge in [-0.15, -0.1) is 0 Å². The van der Waals surface area contributed by atoms with Crippen LogP contribution in [0.1, 0.15) is 50.1 Å². The molecular formula is C28H29N3O6. The zero-order valence-electron chi connectivity index (χ0n) is 21.1. The number of furan rings is 1. The topological polar surface area (TPSA) is 122 Å². The molecule has 1 aliphatic rings. The number of phenols is 1. The molecule has 192 valence electrons. The van der Waals surface area contributed by atoms with Gasteiger partial charge in [-0.25, -0.2) is 0 Å². The highest BCUT2D eigenvalue weighted by Crippen LogP contribution is 2.45. The van der Waals surface area contributed by atoms with Crippen LogP contribution in [0.3, 0.4) is 0 Å². The molecule has 1 fully saturated rings. The second-order valence-electron chi connectivity index (χ2n) is 9.78. The number of ether oxygens (including phenoxy) is 2. The van der Waals surface area contributed by atoms with E-state index in [0.29, 0.717) is 44.4 Å². The van der Waals surface area contributed by atoms with Crippen molar-refractivity contribution in [3.05, 3.63) is 50.4 Å². The lowest BCUT2D eigenvalue weighted by Gasteiger charge is -2.17. The fraction of sp³-hybridized carbons (Fsp3) is 0.357. The maximum atomic E-state index is 13.6. The first-order valence-electron chi connectivity index (χ1n) is 12.6. The fourth-order valence-electron chi connectivity index (χ4n) is 5.72. The summed E-state index contributed by atoms with van der Waals surface area (Å²) < 4.78 is 19.1. The highest BCUT2D eigenvalue weighted by atomic mass is 16.5. The van der Waals surface area contributed by atoms with Crippen LogP contribution in [0.15, 0.2) is 38.3 Å². The normalized spacial score (nSPS) is 15.0. The van der Waals surface area contributed by atoms with E-state index in [1.165, 1.54) is 33.1 Å². The summed E-state index contributed by atoms with van der Waals surface area (Å²) >= 11 is 0. The van der Waals surface area contributed by atoms with Gasteiger partial charge in [0.2, 0.25) is 5.75 Å². The Kier molecular flexibility index (Phi) is 5.51. The summed E-state index contributed by atoms with van der Waals surface area (Å²) in [4.78, 5) is 29.5. The van der Waals surface area contributed by atoms with E-state index in [-0.39, 0.29) is 34.3 Å². The average Bonchev–Trinajstić information content (AvgIpc) is 3.29. The van der Waals surface area contributed by atoms with Crippen molar-refractivity contribution >= 4 is 33.1 Å². The molecular weight excluding hydrogens is 474 g/mol. The molecule has 3 aromatic heterocycles. The monoisotopic (exact) mass is 503 g/mol. The molecule has 0 aliphatic heterocycles. The Labute approximate surface area is 211 Å². The molecule has 0 atom stereocenters. The first kappa shape index (κ1) is 23.3. The maximum Gasteiger partial charge on any atom is 0.274 e. The summed E-state index contributed by atoms with van der Waals surface area (Å²) in [5, 5.41) is 14.8. The molecule has 9 heteroatoms. The SMILES string of the molecule is COc1cc(-c2c3oc4c(C)c(=O)ccc4c3[nH]c3c2c(=O)[nH]n3C2CCCCCC2)cc(OC)c1O. The molecule has 0 saturated heterocycles. The molecule has 0 radical (unpaired) electrons.